The van der Waals surface area contributed by atoms with Gasteiger partial charge in [-0.2, -0.15) is 5.10 Å². The van der Waals surface area contributed by atoms with Gasteiger partial charge in [-0.25, -0.2) is 0 Å². The normalized spacial score (nSPS) is 14.4. The molecule has 1 aliphatic heterocycles. The van der Waals surface area contributed by atoms with Crippen LogP contribution in [0.1, 0.15) is 212 Å². The summed E-state index contributed by atoms with van der Waals surface area (Å²) >= 11 is 7.08. The number of unbranched alkanes of at least 4 members (excludes halogenated alkanes) is 30. The van der Waals surface area contributed by atoms with Gasteiger partial charge in [0.15, 0.2) is 0 Å². The van der Waals surface area contributed by atoms with E-state index in [9.17, 15) is 0 Å². The number of rotatable bonds is 35. The van der Waals surface area contributed by atoms with Crippen LogP contribution in [0.15, 0.2) is 34.3 Å². The zero-order chi connectivity index (χ0) is 34.2. The van der Waals surface area contributed by atoms with Crippen molar-refractivity contribution in [2.75, 3.05) is 11.2 Å². The lowest BCUT2D eigenvalue weighted by atomic mass is 10.0. The van der Waals surface area contributed by atoms with Crippen molar-refractivity contribution in [3.63, 3.8) is 0 Å². The van der Waals surface area contributed by atoms with Crippen LogP contribution in [-0.2, 0) is 0 Å². The van der Waals surface area contributed by atoms with Crippen LogP contribution >= 0.6 is 24.0 Å². The van der Waals surface area contributed by atoms with Gasteiger partial charge in [0.05, 0.1) is 5.69 Å². The van der Waals surface area contributed by atoms with Gasteiger partial charge in [0.25, 0.3) is 0 Å². The molecule has 0 aliphatic carbocycles. The number of benzene rings is 1. The van der Waals surface area contributed by atoms with Gasteiger partial charge in [-0.3, -0.25) is 5.43 Å². The molecule has 1 aromatic rings. The van der Waals surface area contributed by atoms with Gasteiger partial charge >= 0.3 is 0 Å². The Morgan fingerprint density at radius 3 is 1.29 bits per heavy atom. The van der Waals surface area contributed by atoms with Crippen LogP contribution < -0.4 is 10.3 Å². The molecule has 1 N–H and O–H groups in total. The van der Waals surface area contributed by atoms with Crippen LogP contribution in [0.25, 0.3) is 0 Å². The molecule has 5 heteroatoms. The molecule has 1 heterocycles. The van der Waals surface area contributed by atoms with Crippen LogP contribution in [0, 0.1) is 0 Å². The van der Waals surface area contributed by atoms with Crippen molar-refractivity contribution >= 4 is 40.9 Å². The number of para-hydroxylation sites is 1. The highest BCUT2D eigenvalue weighted by atomic mass is 32.2. The fourth-order valence-corrected chi connectivity index (χ4v) is 8.05. The van der Waals surface area contributed by atoms with Gasteiger partial charge in [0, 0.05) is 16.7 Å². The summed E-state index contributed by atoms with van der Waals surface area (Å²) in [6.45, 7) is 2.31. The van der Waals surface area contributed by atoms with E-state index in [1.165, 1.54) is 210 Å². The van der Waals surface area contributed by atoms with E-state index >= 15 is 0 Å². The highest BCUT2D eigenvalue weighted by Gasteiger charge is 2.28. The fraction of sp³-hybridized carbons (Fsp3) is 0.814. The monoisotopic (exact) mass is 700 g/mol. The van der Waals surface area contributed by atoms with Crippen molar-refractivity contribution in [3.05, 3.63) is 24.3 Å². The average molecular weight is 700 g/mol. The molecule has 0 fully saturated rings. The summed E-state index contributed by atoms with van der Waals surface area (Å²) in [7, 11) is 0. The number of nitrogens with one attached hydrogen (secondary N) is 1. The Bertz CT molecular complexity index is 904. The molecule has 0 saturated heterocycles. The first kappa shape index (κ1) is 43.1. The van der Waals surface area contributed by atoms with Gasteiger partial charge < -0.3 is 4.90 Å². The summed E-state index contributed by atoms with van der Waals surface area (Å²) in [5.41, 5.74) is 4.43. The van der Waals surface area contributed by atoms with Crippen molar-refractivity contribution in [1.29, 1.82) is 0 Å². The lowest BCUT2D eigenvalue weighted by Gasteiger charge is -2.26. The molecule has 1 aromatic carbocycles. The number of amidine groups is 1. The average Bonchev–Trinajstić information content (AvgIpc) is 3.53. The first-order chi connectivity index (χ1) is 23.8. The quantitative estimate of drug-likeness (QED) is 0.0434. The Balaban J connectivity index is 1.26. The number of hydrazone groups is 1. The predicted molar refractivity (Wildman–Crippen MR) is 222 cm³/mol. The molecule has 0 amide bonds. The fourth-order valence-electron chi connectivity index (χ4n) is 7.28. The first-order valence-electron chi connectivity index (χ1n) is 21.0. The van der Waals surface area contributed by atoms with E-state index in [2.05, 4.69) is 52.9 Å². The molecule has 0 bridgehead atoms. The Kier molecular flexibility index (Phi) is 28.6. The van der Waals surface area contributed by atoms with E-state index < -0.39 is 0 Å². The van der Waals surface area contributed by atoms with E-state index in [0.29, 0.717) is 0 Å². The van der Waals surface area contributed by atoms with E-state index in [1.807, 2.05) is 0 Å². The molecule has 3 nitrogen and oxygen atoms in total. The molecular formula is C43H77N3S2. The molecule has 0 spiro atoms. The molecule has 1 unspecified atom stereocenters. The minimum atomic E-state index is -0.0262. The number of hydrogen-bond donors (Lipinski definition) is 1. The lowest BCUT2D eigenvalue weighted by Crippen LogP contribution is -2.41. The second-order valence-corrected chi connectivity index (χ2v) is 15.8. The van der Waals surface area contributed by atoms with Gasteiger partial charge in [0.2, 0.25) is 0 Å². The number of thiocarbonyl (C=S) groups is 1. The maximum Gasteiger partial charge on any atom is 0.150 e. The number of thioether (sulfide) groups is 1. The molecule has 0 radical (unpaired) electrons. The lowest BCUT2D eigenvalue weighted by molar-refractivity contribution is 0.512. The van der Waals surface area contributed by atoms with Crippen LogP contribution in [0.5, 0.6) is 0 Å². The van der Waals surface area contributed by atoms with Crippen LogP contribution in [0.4, 0.5) is 5.69 Å². The van der Waals surface area contributed by atoms with Crippen LogP contribution in [0.2, 0.25) is 0 Å². The summed E-state index contributed by atoms with van der Waals surface area (Å²) in [4.78, 5) is 3.56. The third kappa shape index (κ3) is 21.2. The number of hydrogen-bond acceptors (Lipinski definition) is 5. The summed E-state index contributed by atoms with van der Waals surface area (Å²) in [6, 6.07) is 8.57. The Morgan fingerprint density at radius 1 is 0.583 bits per heavy atom. The minimum Gasteiger partial charge on any atom is -0.301 e. The minimum absolute atomic E-state index is 0.0262. The SMILES string of the molecule is CCCCCCCCCCCCCCCCCCCCCCCCCCCCCCCCCC1=NNC(C=S)N1c1ccccc1SC. The molecule has 1 aliphatic rings. The largest absolute Gasteiger partial charge is 0.301 e. The standard InChI is InChI=1S/C43H77N3S2/c1-3-4-5-6-7-8-9-10-11-12-13-14-15-16-17-18-19-20-21-22-23-24-25-26-27-28-29-30-31-32-33-38-42-44-45-43(39-47)46(42)40-36-34-35-37-41(40)48-2/h34-37,39,43,45H,3-33,38H2,1-2H3. The van der Waals surface area contributed by atoms with Gasteiger partial charge in [-0.05, 0) is 24.8 Å². The van der Waals surface area contributed by atoms with Crippen molar-refractivity contribution < 1.29 is 0 Å². The van der Waals surface area contributed by atoms with Gasteiger partial charge in [-0.15, -0.1) is 11.8 Å². The predicted octanol–water partition coefficient (Wildman–Crippen LogP) is 15.0. The maximum atomic E-state index is 5.30. The molecule has 276 valence electrons. The highest BCUT2D eigenvalue weighted by Crippen LogP contribution is 2.32. The molecular weight excluding hydrogens is 623 g/mol. The van der Waals surface area contributed by atoms with E-state index in [-0.39, 0.29) is 6.17 Å². The van der Waals surface area contributed by atoms with Crippen LogP contribution in [0.3, 0.4) is 0 Å². The van der Waals surface area contributed by atoms with Crippen molar-refractivity contribution in [3.8, 4) is 0 Å². The van der Waals surface area contributed by atoms with Crippen molar-refractivity contribution in [2.45, 2.75) is 223 Å². The molecule has 1 atom stereocenters. The summed E-state index contributed by atoms with van der Waals surface area (Å²) in [5.74, 6) is 1.12. The Hall–Kier alpha value is -1.07. The molecule has 0 aromatic heterocycles. The summed E-state index contributed by atoms with van der Waals surface area (Å²) < 4.78 is 0. The third-order valence-electron chi connectivity index (χ3n) is 10.4. The van der Waals surface area contributed by atoms with Gasteiger partial charge in [0.1, 0.15) is 12.0 Å². The number of anilines is 1. The third-order valence-corrected chi connectivity index (χ3v) is 11.4. The second kappa shape index (κ2) is 31.9. The molecule has 0 saturated carbocycles. The molecule has 48 heavy (non-hydrogen) atoms. The topological polar surface area (TPSA) is 27.6 Å². The van der Waals surface area contributed by atoms with Gasteiger partial charge in [-0.1, -0.05) is 224 Å². The highest BCUT2D eigenvalue weighted by molar-refractivity contribution is 7.98. The second-order valence-electron chi connectivity index (χ2n) is 14.6. The zero-order valence-electron chi connectivity index (χ0n) is 31.8. The summed E-state index contributed by atoms with van der Waals surface area (Å²) in [5, 5.41) is 6.43. The number of nitrogens with zero attached hydrogens (tertiary/aromatic N) is 2. The van der Waals surface area contributed by atoms with E-state index in [1.54, 1.807) is 17.1 Å². The molecule has 2 rings (SSSR count). The van der Waals surface area contributed by atoms with E-state index in [0.717, 1.165) is 12.3 Å². The van der Waals surface area contributed by atoms with Crippen molar-refractivity contribution in [2.24, 2.45) is 5.10 Å². The van der Waals surface area contributed by atoms with E-state index in [4.69, 9.17) is 12.2 Å². The van der Waals surface area contributed by atoms with Crippen molar-refractivity contribution in [1.82, 2.24) is 5.43 Å². The Labute approximate surface area is 309 Å². The van der Waals surface area contributed by atoms with Crippen LogP contribution in [-0.4, -0.2) is 23.6 Å². The zero-order valence-corrected chi connectivity index (χ0v) is 33.4. The smallest absolute Gasteiger partial charge is 0.150 e. The Morgan fingerprint density at radius 2 is 0.938 bits per heavy atom. The summed E-state index contributed by atoms with van der Waals surface area (Å²) in [6.07, 6.45) is 47.8. The maximum absolute atomic E-state index is 5.30. The first-order valence-corrected chi connectivity index (χ1v) is 22.7.